The monoisotopic (exact) mass is 292 g/mol. The third-order valence-corrected chi connectivity index (χ3v) is 3.31. The van der Waals surface area contributed by atoms with Crippen molar-refractivity contribution < 1.29 is 14.6 Å². The van der Waals surface area contributed by atoms with Crippen molar-refractivity contribution in [1.82, 2.24) is 4.98 Å². The van der Waals surface area contributed by atoms with Crippen LogP contribution in [0.2, 0.25) is 0 Å². The number of thiazole rings is 1. The van der Waals surface area contributed by atoms with Gasteiger partial charge in [-0.25, -0.2) is 9.78 Å². The van der Waals surface area contributed by atoms with E-state index < -0.39 is 5.97 Å². The highest BCUT2D eigenvalue weighted by Crippen LogP contribution is 2.18. The van der Waals surface area contributed by atoms with Crippen molar-refractivity contribution in [2.45, 2.75) is 26.5 Å². The smallest absolute Gasteiger partial charge is 0.365 e. The number of aromatic carboxylic acids is 1. The molecule has 2 aromatic rings. The summed E-state index contributed by atoms with van der Waals surface area (Å²) in [5.41, 5.74) is 1.65. The lowest BCUT2D eigenvalue weighted by Gasteiger charge is -2.10. The number of hydrogen-bond donors (Lipinski definition) is 2. The summed E-state index contributed by atoms with van der Waals surface area (Å²) in [4.78, 5) is 14.7. The molecule has 5 nitrogen and oxygen atoms in total. The van der Waals surface area contributed by atoms with Crippen LogP contribution in [0.5, 0.6) is 5.75 Å². The predicted octanol–water partition coefficient (Wildman–Crippen LogP) is 3.24. The van der Waals surface area contributed by atoms with Gasteiger partial charge in [0, 0.05) is 11.1 Å². The Hall–Kier alpha value is -2.08. The van der Waals surface area contributed by atoms with E-state index in [0.29, 0.717) is 6.54 Å². The Labute approximate surface area is 121 Å². The van der Waals surface area contributed by atoms with Crippen molar-refractivity contribution in [2.75, 3.05) is 5.32 Å². The fourth-order valence-electron chi connectivity index (χ4n) is 1.60. The largest absolute Gasteiger partial charge is 0.491 e. The fourth-order valence-corrected chi connectivity index (χ4v) is 2.26. The number of nitrogens with one attached hydrogen (secondary N) is 1. The van der Waals surface area contributed by atoms with Gasteiger partial charge in [0.15, 0.2) is 0 Å². The van der Waals surface area contributed by atoms with E-state index in [1.165, 1.54) is 0 Å². The minimum absolute atomic E-state index is 0.113. The lowest BCUT2D eigenvalue weighted by atomic mass is 10.3. The molecular weight excluding hydrogens is 276 g/mol. The number of ether oxygens (including phenoxy) is 1. The molecule has 1 aromatic heterocycles. The average molecular weight is 292 g/mol. The number of anilines is 1. The summed E-state index contributed by atoms with van der Waals surface area (Å²) >= 11 is 1.13. The first-order chi connectivity index (χ1) is 9.54. The summed E-state index contributed by atoms with van der Waals surface area (Å²) < 4.78 is 5.56. The molecule has 1 heterocycles. The number of aromatic nitrogens is 1. The van der Waals surface area contributed by atoms with Gasteiger partial charge in [0.1, 0.15) is 5.75 Å². The molecule has 0 aliphatic rings. The van der Waals surface area contributed by atoms with Crippen LogP contribution in [0.1, 0.15) is 29.3 Å². The van der Waals surface area contributed by atoms with E-state index in [4.69, 9.17) is 9.84 Å². The van der Waals surface area contributed by atoms with Crippen molar-refractivity contribution in [2.24, 2.45) is 0 Å². The second-order valence-corrected chi connectivity index (χ2v) is 5.35. The number of nitrogens with zero attached hydrogens (tertiary/aromatic N) is 1. The Morgan fingerprint density at radius 1 is 1.40 bits per heavy atom. The van der Waals surface area contributed by atoms with Crippen molar-refractivity contribution in [3.05, 3.63) is 40.3 Å². The first-order valence-corrected chi connectivity index (χ1v) is 7.11. The Morgan fingerprint density at radius 3 is 2.65 bits per heavy atom. The molecule has 0 atom stereocenters. The van der Waals surface area contributed by atoms with E-state index in [-0.39, 0.29) is 11.1 Å². The van der Waals surface area contributed by atoms with Gasteiger partial charge in [-0.05, 0) is 38.1 Å². The van der Waals surface area contributed by atoms with Gasteiger partial charge in [-0.15, -0.1) is 11.3 Å². The molecule has 0 saturated heterocycles. The van der Waals surface area contributed by atoms with Gasteiger partial charge < -0.3 is 15.2 Å². The van der Waals surface area contributed by atoms with Gasteiger partial charge in [-0.3, -0.25) is 0 Å². The molecule has 2 N–H and O–H groups in total. The maximum Gasteiger partial charge on any atom is 0.365 e. The first-order valence-electron chi connectivity index (χ1n) is 6.23. The van der Waals surface area contributed by atoms with Crippen LogP contribution < -0.4 is 10.1 Å². The summed E-state index contributed by atoms with van der Waals surface area (Å²) in [5, 5.41) is 13.8. The van der Waals surface area contributed by atoms with Crippen LogP contribution in [-0.2, 0) is 6.54 Å². The molecule has 0 unspecified atom stereocenters. The number of benzene rings is 1. The number of rotatable bonds is 6. The highest BCUT2D eigenvalue weighted by atomic mass is 32.1. The van der Waals surface area contributed by atoms with Crippen LogP contribution in [0.3, 0.4) is 0 Å². The highest BCUT2D eigenvalue weighted by molar-refractivity contribution is 7.11. The molecule has 1 aromatic carbocycles. The Kier molecular flexibility index (Phi) is 4.57. The minimum Gasteiger partial charge on any atom is -0.491 e. The third kappa shape index (κ3) is 3.96. The van der Waals surface area contributed by atoms with Crippen LogP contribution in [0, 0.1) is 0 Å². The van der Waals surface area contributed by atoms with Crippen LogP contribution in [0.25, 0.3) is 0 Å². The number of carboxylic acids is 1. The molecule has 6 heteroatoms. The number of carbonyl (C=O) groups is 1. The topological polar surface area (TPSA) is 71.5 Å². The van der Waals surface area contributed by atoms with Crippen molar-refractivity contribution in [3.8, 4) is 5.75 Å². The Balaban J connectivity index is 1.91. The summed E-state index contributed by atoms with van der Waals surface area (Å²) in [6.45, 7) is 4.46. The maximum absolute atomic E-state index is 10.7. The van der Waals surface area contributed by atoms with Gasteiger partial charge in [-0.2, -0.15) is 0 Å². The SMILES string of the molecule is CC(C)Oc1ccc(NCc2csc(C(=O)O)n2)cc1. The maximum atomic E-state index is 10.7. The minimum atomic E-state index is -0.989. The van der Waals surface area contributed by atoms with E-state index in [2.05, 4.69) is 10.3 Å². The fraction of sp³-hybridized carbons (Fsp3) is 0.286. The second-order valence-electron chi connectivity index (χ2n) is 4.49. The molecule has 106 valence electrons. The second kappa shape index (κ2) is 6.38. The van der Waals surface area contributed by atoms with Crippen molar-refractivity contribution in [1.29, 1.82) is 0 Å². The standard InChI is InChI=1S/C14H16N2O3S/c1-9(2)19-12-5-3-10(4-6-12)15-7-11-8-20-13(16-11)14(17)18/h3-6,8-9,15H,7H2,1-2H3,(H,17,18). The summed E-state index contributed by atoms with van der Waals surface area (Å²) in [6, 6.07) is 7.63. The number of hydrogen-bond acceptors (Lipinski definition) is 5. The third-order valence-electron chi connectivity index (χ3n) is 2.43. The predicted molar refractivity (Wildman–Crippen MR) is 78.6 cm³/mol. The average Bonchev–Trinajstić information content (AvgIpc) is 2.86. The molecule has 0 bridgehead atoms. The lowest BCUT2D eigenvalue weighted by molar-refractivity contribution is 0.0696. The van der Waals surface area contributed by atoms with Crippen LogP contribution >= 0.6 is 11.3 Å². The summed E-state index contributed by atoms with van der Waals surface area (Å²) in [7, 11) is 0. The van der Waals surface area contributed by atoms with Crippen LogP contribution in [-0.4, -0.2) is 22.2 Å². The van der Waals surface area contributed by atoms with E-state index in [1.807, 2.05) is 38.1 Å². The molecule has 0 fully saturated rings. The Bertz CT molecular complexity index is 578. The van der Waals surface area contributed by atoms with E-state index >= 15 is 0 Å². The van der Waals surface area contributed by atoms with Gasteiger partial charge in [-0.1, -0.05) is 0 Å². The number of carboxylic acid groups (broad SMARTS) is 1. The molecule has 2 rings (SSSR count). The van der Waals surface area contributed by atoms with Crippen molar-refractivity contribution >= 4 is 23.0 Å². The van der Waals surface area contributed by atoms with E-state index in [1.54, 1.807) is 5.38 Å². The van der Waals surface area contributed by atoms with Gasteiger partial charge in [0.05, 0.1) is 18.3 Å². The van der Waals surface area contributed by atoms with Gasteiger partial charge >= 0.3 is 5.97 Å². The zero-order valence-corrected chi connectivity index (χ0v) is 12.1. The van der Waals surface area contributed by atoms with E-state index in [0.717, 1.165) is 28.5 Å². The van der Waals surface area contributed by atoms with Gasteiger partial charge in [0.25, 0.3) is 0 Å². The quantitative estimate of drug-likeness (QED) is 0.855. The first kappa shape index (κ1) is 14.3. The summed E-state index contributed by atoms with van der Waals surface area (Å²) in [5.74, 6) is -0.163. The van der Waals surface area contributed by atoms with Gasteiger partial charge in [0.2, 0.25) is 5.01 Å². The molecule has 0 amide bonds. The Morgan fingerprint density at radius 2 is 2.10 bits per heavy atom. The molecular formula is C14H16N2O3S. The molecule has 20 heavy (non-hydrogen) atoms. The molecule has 0 spiro atoms. The molecule has 0 aliphatic heterocycles. The van der Waals surface area contributed by atoms with Crippen LogP contribution in [0.4, 0.5) is 5.69 Å². The van der Waals surface area contributed by atoms with Crippen molar-refractivity contribution in [3.63, 3.8) is 0 Å². The molecule has 0 radical (unpaired) electrons. The highest BCUT2D eigenvalue weighted by Gasteiger charge is 2.08. The summed E-state index contributed by atoms with van der Waals surface area (Å²) in [6.07, 6.45) is 0.151. The molecule has 0 saturated carbocycles. The van der Waals surface area contributed by atoms with E-state index in [9.17, 15) is 4.79 Å². The lowest BCUT2D eigenvalue weighted by Crippen LogP contribution is -2.05. The zero-order chi connectivity index (χ0) is 14.5. The molecule has 0 aliphatic carbocycles. The normalized spacial score (nSPS) is 10.6. The zero-order valence-electron chi connectivity index (χ0n) is 11.3. The van der Waals surface area contributed by atoms with Crippen LogP contribution in [0.15, 0.2) is 29.6 Å².